The lowest BCUT2D eigenvalue weighted by molar-refractivity contribution is -0.119. The average Bonchev–Trinajstić information content (AvgIpc) is 2.76. The number of nitrogens with zero attached hydrogens (tertiary/aromatic N) is 2. The molecule has 0 spiro atoms. The highest BCUT2D eigenvalue weighted by atomic mass is 79.9. The van der Waals surface area contributed by atoms with Crippen molar-refractivity contribution in [3.63, 3.8) is 0 Å². The van der Waals surface area contributed by atoms with E-state index in [0.29, 0.717) is 25.1 Å². The first kappa shape index (κ1) is 23.8. The minimum Gasteiger partial charge on any atom is -0.506 e. The van der Waals surface area contributed by atoms with Crippen molar-refractivity contribution in [3.8, 4) is 11.5 Å². The molecule has 0 atom stereocenters. The number of hydrogen-bond donors (Lipinski definition) is 1. The zero-order valence-corrected chi connectivity index (χ0v) is 20.3. The molecule has 0 saturated heterocycles. The highest BCUT2D eigenvalue weighted by Crippen LogP contribution is 2.32. The normalized spacial score (nSPS) is 11.2. The molecule has 168 valence electrons. The predicted octanol–water partition coefficient (Wildman–Crippen LogP) is 6.24. The van der Waals surface area contributed by atoms with Crippen LogP contribution in [-0.4, -0.2) is 22.6 Å². The van der Waals surface area contributed by atoms with E-state index in [1.54, 1.807) is 35.4 Å². The Morgan fingerprint density at radius 3 is 2.50 bits per heavy atom. The molecule has 3 rings (SSSR count). The highest BCUT2D eigenvalue weighted by molar-refractivity contribution is 9.10. The molecule has 2 aromatic carbocycles. The number of halogens is 1. The van der Waals surface area contributed by atoms with Gasteiger partial charge in [0.05, 0.1) is 29.0 Å². The molecular weight excluding hydrogens is 468 g/mol. The van der Waals surface area contributed by atoms with Gasteiger partial charge in [0.1, 0.15) is 11.5 Å². The molecule has 0 fully saturated rings. The van der Waals surface area contributed by atoms with Gasteiger partial charge in [0.25, 0.3) is 0 Å². The number of pyridine rings is 1. The van der Waals surface area contributed by atoms with E-state index in [-0.39, 0.29) is 23.6 Å². The maximum absolute atomic E-state index is 13.1. The van der Waals surface area contributed by atoms with Crippen LogP contribution in [0.5, 0.6) is 11.5 Å². The van der Waals surface area contributed by atoms with E-state index in [9.17, 15) is 9.90 Å². The van der Waals surface area contributed by atoms with Gasteiger partial charge in [0.2, 0.25) is 5.91 Å². The Hall–Kier alpha value is -2.86. The number of rotatable bonds is 8. The average molecular weight is 497 g/mol. The fraction of sp³-hybridized carbons (Fsp3) is 0.308. The molecule has 5 nitrogen and oxygen atoms in total. The molecule has 1 aromatic heterocycles. The fourth-order valence-corrected chi connectivity index (χ4v) is 3.77. The number of para-hydroxylation sites is 2. The maximum atomic E-state index is 13.1. The summed E-state index contributed by atoms with van der Waals surface area (Å²) in [5, 5.41) is 10.3. The summed E-state index contributed by atoms with van der Waals surface area (Å²) in [6.07, 6.45) is 2.54. The number of amides is 1. The summed E-state index contributed by atoms with van der Waals surface area (Å²) in [7, 11) is 0. The number of carbonyl (C=O) groups excluding carboxylic acids is 1. The molecular formula is C26H29BrN2O3. The van der Waals surface area contributed by atoms with E-state index in [1.807, 2.05) is 24.3 Å². The topological polar surface area (TPSA) is 62.7 Å². The number of anilines is 1. The van der Waals surface area contributed by atoms with Crippen LogP contribution in [-0.2, 0) is 16.8 Å². The Kier molecular flexibility index (Phi) is 7.91. The summed E-state index contributed by atoms with van der Waals surface area (Å²) in [5.74, 6) is 0.732. The third kappa shape index (κ3) is 6.33. The minimum absolute atomic E-state index is 0.0630. The number of phenolic OH excluding ortho intramolecular Hbond substituents is 1. The molecule has 3 aromatic rings. The van der Waals surface area contributed by atoms with E-state index in [2.05, 4.69) is 53.8 Å². The quantitative estimate of drug-likeness (QED) is 0.375. The van der Waals surface area contributed by atoms with Gasteiger partial charge in [-0.15, -0.1) is 0 Å². The van der Waals surface area contributed by atoms with Crippen molar-refractivity contribution in [3.05, 3.63) is 82.6 Å². The number of ether oxygens (including phenoxy) is 1. The third-order valence-corrected chi connectivity index (χ3v) is 5.73. The van der Waals surface area contributed by atoms with Gasteiger partial charge in [-0.2, -0.15) is 0 Å². The summed E-state index contributed by atoms with van der Waals surface area (Å²) in [6, 6.07) is 18.5. The second-order valence-corrected chi connectivity index (χ2v) is 9.49. The molecule has 1 N–H and O–H groups in total. The monoisotopic (exact) mass is 496 g/mol. The largest absolute Gasteiger partial charge is 0.506 e. The van der Waals surface area contributed by atoms with Crippen molar-refractivity contribution in [1.29, 1.82) is 0 Å². The summed E-state index contributed by atoms with van der Waals surface area (Å²) >= 11 is 3.58. The van der Waals surface area contributed by atoms with Gasteiger partial charge < -0.3 is 14.7 Å². The Morgan fingerprint density at radius 1 is 1.09 bits per heavy atom. The van der Waals surface area contributed by atoms with E-state index < -0.39 is 0 Å². The summed E-state index contributed by atoms with van der Waals surface area (Å²) in [5.41, 5.74) is 2.51. The Balaban J connectivity index is 1.62. The lowest BCUT2D eigenvalue weighted by Crippen LogP contribution is -2.31. The second-order valence-electron chi connectivity index (χ2n) is 8.64. The Morgan fingerprint density at radius 2 is 1.84 bits per heavy atom. The van der Waals surface area contributed by atoms with Crippen LogP contribution in [0.4, 0.5) is 5.69 Å². The Labute approximate surface area is 198 Å². The minimum atomic E-state index is -0.0945. The molecule has 0 aliphatic carbocycles. The number of benzene rings is 2. The molecule has 1 heterocycles. The van der Waals surface area contributed by atoms with E-state index in [4.69, 9.17) is 4.74 Å². The number of aromatic hydroxyl groups is 1. The van der Waals surface area contributed by atoms with E-state index >= 15 is 0 Å². The molecule has 1 amide bonds. The first-order valence-corrected chi connectivity index (χ1v) is 11.5. The Bertz CT molecular complexity index is 1050. The zero-order valence-electron chi connectivity index (χ0n) is 18.7. The van der Waals surface area contributed by atoms with Gasteiger partial charge in [0, 0.05) is 12.6 Å². The van der Waals surface area contributed by atoms with E-state index in [1.165, 1.54) is 5.56 Å². The summed E-state index contributed by atoms with van der Waals surface area (Å²) < 4.78 is 6.81. The van der Waals surface area contributed by atoms with Gasteiger partial charge in [-0.05, 0) is 69.7 Å². The molecule has 6 heteroatoms. The van der Waals surface area contributed by atoms with Crippen LogP contribution < -0.4 is 9.64 Å². The molecule has 32 heavy (non-hydrogen) atoms. The summed E-state index contributed by atoms with van der Waals surface area (Å²) in [4.78, 5) is 19.0. The predicted molar refractivity (Wildman–Crippen MR) is 131 cm³/mol. The van der Waals surface area contributed by atoms with Gasteiger partial charge in [0.15, 0.2) is 0 Å². The second kappa shape index (κ2) is 10.6. The van der Waals surface area contributed by atoms with Crippen LogP contribution in [0, 0.1) is 0 Å². The lowest BCUT2D eigenvalue weighted by Gasteiger charge is -2.23. The molecule has 0 aliphatic rings. The van der Waals surface area contributed by atoms with Crippen LogP contribution in [0.15, 0.2) is 71.3 Å². The van der Waals surface area contributed by atoms with Crippen molar-refractivity contribution >= 4 is 27.5 Å². The van der Waals surface area contributed by atoms with Crippen molar-refractivity contribution in [2.24, 2.45) is 0 Å². The van der Waals surface area contributed by atoms with Crippen LogP contribution in [0.2, 0.25) is 0 Å². The van der Waals surface area contributed by atoms with Crippen molar-refractivity contribution in [2.75, 3.05) is 11.5 Å². The van der Waals surface area contributed by atoms with Gasteiger partial charge >= 0.3 is 0 Å². The number of aromatic nitrogens is 1. The lowest BCUT2D eigenvalue weighted by atomic mass is 9.87. The van der Waals surface area contributed by atoms with Crippen LogP contribution in [0.1, 0.15) is 44.9 Å². The zero-order chi connectivity index (χ0) is 23.1. The molecule has 0 aliphatic heterocycles. The molecule has 0 bridgehead atoms. The van der Waals surface area contributed by atoms with Crippen molar-refractivity contribution < 1.29 is 14.6 Å². The number of carbonyl (C=O) groups is 1. The molecule has 0 unspecified atom stereocenters. The van der Waals surface area contributed by atoms with Crippen LogP contribution >= 0.6 is 15.9 Å². The van der Waals surface area contributed by atoms with Gasteiger partial charge in [-0.25, -0.2) is 0 Å². The SMILES string of the molecule is CC(C)(C)c1ccc(OCCCC(=O)N(Cc2ccccn2)c2ccccc2O)c(Br)c1. The maximum Gasteiger partial charge on any atom is 0.227 e. The number of hydrogen-bond acceptors (Lipinski definition) is 4. The van der Waals surface area contributed by atoms with Gasteiger partial charge in [-0.3, -0.25) is 9.78 Å². The van der Waals surface area contributed by atoms with Crippen LogP contribution in [0.25, 0.3) is 0 Å². The van der Waals surface area contributed by atoms with Crippen LogP contribution in [0.3, 0.4) is 0 Å². The molecule has 0 radical (unpaired) electrons. The highest BCUT2D eigenvalue weighted by Gasteiger charge is 2.20. The smallest absolute Gasteiger partial charge is 0.227 e. The first-order chi connectivity index (χ1) is 15.3. The van der Waals surface area contributed by atoms with Gasteiger partial charge in [-0.1, -0.05) is 45.0 Å². The summed E-state index contributed by atoms with van der Waals surface area (Å²) in [6.45, 7) is 7.21. The van der Waals surface area contributed by atoms with Crippen molar-refractivity contribution in [2.45, 2.75) is 45.6 Å². The van der Waals surface area contributed by atoms with Crippen molar-refractivity contribution in [1.82, 2.24) is 4.98 Å². The standard InChI is InChI=1S/C26H29BrN2O3/c1-26(2,3)19-13-14-24(21(27)17-19)32-16-8-12-25(31)29(18-20-9-6-7-15-28-20)22-10-4-5-11-23(22)30/h4-7,9-11,13-15,17,30H,8,12,16,18H2,1-3H3. The number of phenols is 1. The van der Waals surface area contributed by atoms with E-state index in [0.717, 1.165) is 15.9 Å². The third-order valence-electron chi connectivity index (χ3n) is 5.11. The first-order valence-electron chi connectivity index (χ1n) is 10.7. The fourth-order valence-electron chi connectivity index (χ4n) is 3.28. The molecule has 0 saturated carbocycles.